The lowest BCUT2D eigenvalue weighted by molar-refractivity contribution is 0.181. The van der Waals surface area contributed by atoms with Crippen molar-refractivity contribution in [3.63, 3.8) is 0 Å². The summed E-state index contributed by atoms with van der Waals surface area (Å²) in [6.07, 6.45) is 2.75. The van der Waals surface area contributed by atoms with E-state index in [0.717, 1.165) is 24.4 Å². The highest BCUT2D eigenvalue weighted by molar-refractivity contribution is 5.52. The number of nitrogens with two attached hydrogens (primary N) is 1. The Kier molecular flexibility index (Phi) is 3.88. The minimum Gasteiger partial charge on any atom is -0.384 e. The van der Waals surface area contributed by atoms with Gasteiger partial charge in [-0.05, 0) is 12.5 Å². The highest BCUT2D eigenvalue weighted by atomic mass is 16.5. The van der Waals surface area contributed by atoms with Crippen LogP contribution in [0, 0.1) is 0 Å². The minimum atomic E-state index is 0.418. The maximum atomic E-state index is 5.78. The van der Waals surface area contributed by atoms with Gasteiger partial charge in [0.05, 0.1) is 12.3 Å². The quantitative estimate of drug-likeness (QED) is 0.865. The SMILES string of the molecule is CCCn1nccc1-c1nc(N)cc(COC)n1. The molecular weight excluding hydrogens is 230 g/mol. The van der Waals surface area contributed by atoms with Gasteiger partial charge in [-0.3, -0.25) is 4.68 Å². The molecular formula is C12H17N5O. The lowest BCUT2D eigenvalue weighted by atomic mass is 10.3. The number of aromatic nitrogens is 4. The number of nitrogens with zero attached hydrogens (tertiary/aromatic N) is 4. The third-order valence-corrected chi connectivity index (χ3v) is 2.47. The van der Waals surface area contributed by atoms with E-state index in [1.807, 2.05) is 10.7 Å². The Morgan fingerprint density at radius 1 is 1.39 bits per heavy atom. The first-order valence-electron chi connectivity index (χ1n) is 5.89. The zero-order valence-electron chi connectivity index (χ0n) is 10.6. The molecule has 0 aliphatic carbocycles. The van der Waals surface area contributed by atoms with E-state index in [4.69, 9.17) is 10.5 Å². The fourth-order valence-electron chi connectivity index (χ4n) is 1.77. The van der Waals surface area contributed by atoms with Gasteiger partial charge in [-0.2, -0.15) is 5.10 Å². The van der Waals surface area contributed by atoms with Gasteiger partial charge in [-0.1, -0.05) is 6.92 Å². The fourth-order valence-corrected chi connectivity index (χ4v) is 1.77. The molecule has 0 aliphatic rings. The van der Waals surface area contributed by atoms with E-state index in [1.54, 1.807) is 19.4 Å². The van der Waals surface area contributed by atoms with Crippen molar-refractivity contribution in [2.45, 2.75) is 26.5 Å². The molecule has 6 nitrogen and oxygen atoms in total. The molecule has 0 amide bonds. The van der Waals surface area contributed by atoms with Gasteiger partial charge in [-0.15, -0.1) is 0 Å². The highest BCUT2D eigenvalue weighted by Gasteiger charge is 2.10. The monoisotopic (exact) mass is 247 g/mol. The Hall–Kier alpha value is -1.95. The van der Waals surface area contributed by atoms with Gasteiger partial charge in [0.15, 0.2) is 5.82 Å². The molecule has 2 N–H and O–H groups in total. The van der Waals surface area contributed by atoms with Crippen molar-refractivity contribution in [1.82, 2.24) is 19.7 Å². The molecule has 0 spiro atoms. The lowest BCUT2D eigenvalue weighted by Gasteiger charge is -2.07. The number of hydrogen-bond donors (Lipinski definition) is 1. The molecule has 2 aromatic rings. The van der Waals surface area contributed by atoms with Crippen LogP contribution in [0.1, 0.15) is 19.0 Å². The van der Waals surface area contributed by atoms with Crippen LogP contribution >= 0.6 is 0 Å². The highest BCUT2D eigenvalue weighted by Crippen LogP contribution is 2.17. The van der Waals surface area contributed by atoms with E-state index in [1.165, 1.54) is 0 Å². The standard InChI is InChI=1S/C12H17N5O/c1-3-6-17-10(4-5-14-17)12-15-9(8-18-2)7-11(13)16-12/h4-5,7H,3,6,8H2,1-2H3,(H2,13,15,16). The van der Waals surface area contributed by atoms with E-state index < -0.39 is 0 Å². The molecule has 2 heterocycles. The van der Waals surface area contributed by atoms with Crippen molar-refractivity contribution in [2.75, 3.05) is 12.8 Å². The number of aryl methyl sites for hydroxylation is 1. The largest absolute Gasteiger partial charge is 0.384 e. The maximum Gasteiger partial charge on any atom is 0.180 e. The molecule has 0 saturated carbocycles. The molecule has 0 saturated heterocycles. The Morgan fingerprint density at radius 3 is 2.94 bits per heavy atom. The minimum absolute atomic E-state index is 0.418. The van der Waals surface area contributed by atoms with E-state index in [2.05, 4.69) is 22.0 Å². The van der Waals surface area contributed by atoms with Crippen LogP contribution in [0.25, 0.3) is 11.5 Å². The molecule has 0 atom stereocenters. The Bertz CT molecular complexity index is 523. The molecule has 0 aromatic carbocycles. The van der Waals surface area contributed by atoms with Crippen LogP contribution in [0.15, 0.2) is 18.3 Å². The summed E-state index contributed by atoms with van der Waals surface area (Å²) < 4.78 is 6.95. The topological polar surface area (TPSA) is 78.9 Å². The molecule has 2 rings (SSSR count). The van der Waals surface area contributed by atoms with Crippen LogP contribution in [0.5, 0.6) is 0 Å². The van der Waals surface area contributed by atoms with Gasteiger partial charge >= 0.3 is 0 Å². The summed E-state index contributed by atoms with van der Waals surface area (Å²) in [5, 5.41) is 4.25. The number of hydrogen-bond acceptors (Lipinski definition) is 5. The van der Waals surface area contributed by atoms with E-state index in [9.17, 15) is 0 Å². The average Bonchev–Trinajstić information content (AvgIpc) is 2.77. The van der Waals surface area contributed by atoms with Gasteiger partial charge in [0.25, 0.3) is 0 Å². The molecule has 0 bridgehead atoms. The van der Waals surface area contributed by atoms with Gasteiger partial charge in [0.1, 0.15) is 11.5 Å². The van der Waals surface area contributed by atoms with Crippen LogP contribution in [0.2, 0.25) is 0 Å². The first-order valence-corrected chi connectivity index (χ1v) is 5.89. The van der Waals surface area contributed by atoms with Gasteiger partial charge in [-0.25, -0.2) is 9.97 Å². The van der Waals surface area contributed by atoms with Crippen molar-refractivity contribution in [3.05, 3.63) is 24.0 Å². The smallest absolute Gasteiger partial charge is 0.180 e. The average molecular weight is 247 g/mol. The van der Waals surface area contributed by atoms with Crippen molar-refractivity contribution < 1.29 is 4.74 Å². The molecule has 96 valence electrons. The fraction of sp³-hybridized carbons (Fsp3) is 0.417. The van der Waals surface area contributed by atoms with Gasteiger partial charge in [0.2, 0.25) is 0 Å². The first-order chi connectivity index (χ1) is 8.74. The molecule has 18 heavy (non-hydrogen) atoms. The Morgan fingerprint density at radius 2 is 2.22 bits per heavy atom. The Labute approximate surface area is 106 Å². The number of methoxy groups -OCH3 is 1. The second-order valence-electron chi connectivity index (χ2n) is 3.98. The van der Waals surface area contributed by atoms with Crippen molar-refractivity contribution in [1.29, 1.82) is 0 Å². The molecule has 6 heteroatoms. The number of rotatable bonds is 5. The summed E-state index contributed by atoms with van der Waals surface area (Å²) in [6, 6.07) is 3.61. The van der Waals surface area contributed by atoms with E-state index in [0.29, 0.717) is 18.2 Å². The van der Waals surface area contributed by atoms with Crippen molar-refractivity contribution in [2.24, 2.45) is 0 Å². The summed E-state index contributed by atoms with van der Waals surface area (Å²) in [7, 11) is 1.62. The lowest BCUT2D eigenvalue weighted by Crippen LogP contribution is -2.06. The summed E-state index contributed by atoms with van der Waals surface area (Å²) in [4.78, 5) is 8.68. The van der Waals surface area contributed by atoms with Crippen LogP contribution in [-0.2, 0) is 17.9 Å². The molecule has 0 aliphatic heterocycles. The summed E-state index contributed by atoms with van der Waals surface area (Å²) >= 11 is 0. The number of ether oxygens (including phenoxy) is 1. The molecule has 0 unspecified atom stereocenters. The van der Waals surface area contributed by atoms with E-state index >= 15 is 0 Å². The second-order valence-corrected chi connectivity index (χ2v) is 3.98. The summed E-state index contributed by atoms with van der Waals surface area (Å²) in [5.41, 5.74) is 7.43. The maximum absolute atomic E-state index is 5.78. The van der Waals surface area contributed by atoms with Crippen LogP contribution in [-0.4, -0.2) is 26.9 Å². The number of nitrogen functional groups attached to an aromatic ring is 1. The van der Waals surface area contributed by atoms with Crippen molar-refractivity contribution >= 4 is 5.82 Å². The third kappa shape index (κ3) is 2.65. The number of anilines is 1. The Balaban J connectivity index is 2.39. The molecule has 2 aromatic heterocycles. The summed E-state index contributed by atoms with van der Waals surface area (Å²) in [6.45, 7) is 3.35. The summed E-state index contributed by atoms with van der Waals surface area (Å²) in [5.74, 6) is 1.03. The zero-order valence-corrected chi connectivity index (χ0v) is 10.6. The van der Waals surface area contributed by atoms with Crippen LogP contribution < -0.4 is 5.73 Å². The van der Waals surface area contributed by atoms with Gasteiger partial charge < -0.3 is 10.5 Å². The molecule has 0 radical (unpaired) electrons. The predicted molar refractivity (Wildman–Crippen MR) is 68.7 cm³/mol. The normalized spacial score (nSPS) is 10.8. The first kappa shape index (κ1) is 12.5. The van der Waals surface area contributed by atoms with Crippen molar-refractivity contribution in [3.8, 4) is 11.5 Å². The van der Waals surface area contributed by atoms with Crippen LogP contribution in [0.4, 0.5) is 5.82 Å². The van der Waals surface area contributed by atoms with Gasteiger partial charge in [0, 0.05) is 25.9 Å². The predicted octanol–water partition coefficient (Wildman–Crippen LogP) is 1.48. The van der Waals surface area contributed by atoms with E-state index in [-0.39, 0.29) is 0 Å². The third-order valence-electron chi connectivity index (χ3n) is 2.47. The second kappa shape index (κ2) is 5.59. The zero-order chi connectivity index (χ0) is 13.0. The molecule has 0 fully saturated rings. The van der Waals surface area contributed by atoms with Crippen LogP contribution in [0.3, 0.4) is 0 Å².